The summed E-state index contributed by atoms with van der Waals surface area (Å²) in [6.45, 7) is 14.7. The highest BCUT2D eigenvalue weighted by molar-refractivity contribution is 5.23. The molecule has 0 bridgehead atoms. The Bertz CT molecular complexity index is 319. The predicted molar refractivity (Wildman–Crippen MR) is 104 cm³/mol. The van der Waals surface area contributed by atoms with Crippen LogP contribution in [0.1, 0.15) is 54.4 Å². The van der Waals surface area contributed by atoms with Crippen molar-refractivity contribution in [2.24, 2.45) is 0 Å². The van der Waals surface area contributed by atoms with Gasteiger partial charge in [-0.1, -0.05) is 45.4 Å². The van der Waals surface area contributed by atoms with E-state index < -0.39 is 0 Å². The summed E-state index contributed by atoms with van der Waals surface area (Å²) >= 11 is 0. The van der Waals surface area contributed by atoms with Crippen molar-refractivity contribution in [2.75, 3.05) is 33.5 Å². The third kappa shape index (κ3) is 20.8. The summed E-state index contributed by atoms with van der Waals surface area (Å²) in [6.07, 6.45) is 8.40. The molecule has 0 aliphatic carbocycles. The Balaban J connectivity index is -0.000000410. The molecular weight excluding hydrogens is 302 g/mol. The Morgan fingerprint density at radius 3 is 2.29 bits per heavy atom. The summed E-state index contributed by atoms with van der Waals surface area (Å²) in [6, 6.07) is 2.33. The Hall–Kier alpha value is -1.19. The molecule has 0 amide bonds. The number of nitrogens with one attached hydrogen (secondary N) is 2. The van der Waals surface area contributed by atoms with E-state index >= 15 is 0 Å². The number of allylic oxidation sites excluding steroid dienone is 2. The first-order chi connectivity index (χ1) is 11.7. The van der Waals surface area contributed by atoms with Crippen molar-refractivity contribution in [3.8, 4) is 6.07 Å². The zero-order valence-corrected chi connectivity index (χ0v) is 16.8. The van der Waals surface area contributed by atoms with Gasteiger partial charge in [-0.2, -0.15) is 5.26 Å². The van der Waals surface area contributed by atoms with E-state index in [1.807, 2.05) is 46.8 Å². The molecule has 0 aromatic heterocycles. The van der Waals surface area contributed by atoms with Crippen molar-refractivity contribution in [2.45, 2.75) is 60.4 Å². The highest BCUT2D eigenvalue weighted by Gasteiger charge is 2.08. The summed E-state index contributed by atoms with van der Waals surface area (Å²) in [4.78, 5) is 0. The number of nitriles is 1. The number of hydrogen-bond acceptors (Lipinski definition) is 5. The Labute approximate surface area is 150 Å². The molecule has 5 nitrogen and oxygen atoms in total. The second-order valence-electron chi connectivity index (χ2n) is 4.48. The van der Waals surface area contributed by atoms with Crippen molar-refractivity contribution in [3.63, 3.8) is 0 Å². The molecule has 142 valence electrons. The lowest BCUT2D eigenvalue weighted by Gasteiger charge is -2.19. The first-order valence-electron chi connectivity index (χ1n) is 8.92. The summed E-state index contributed by atoms with van der Waals surface area (Å²) < 4.78 is 9.67. The van der Waals surface area contributed by atoms with Crippen LogP contribution in [-0.4, -0.2) is 39.5 Å². The highest BCUT2D eigenvalue weighted by atomic mass is 16.5. The number of rotatable bonds is 11. The average molecular weight is 342 g/mol. The van der Waals surface area contributed by atoms with Crippen molar-refractivity contribution in [1.29, 1.82) is 5.26 Å². The largest absolute Gasteiger partial charge is 0.382 e. The van der Waals surface area contributed by atoms with Crippen LogP contribution in [0.25, 0.3) is 0 Å². The van der Waals surface area contributed by atoms with E-state index in [4.69, 9.17) is 14.7 Å². The number of hydrazine groups is 1. The number of ether oxygens (including phenoxy) is 2. The van der Waals surface area contributed by atoms with Gasteiger partial charge in [0, 0.05) is 19.8 Å². The standard InChI is InChI=1S/C12H21N3.C5H12O2.C2H6/c1-4-7-11(6-3)12(8-5-2)15-14-10-9-13;1-3-7-5-4-6-2;1-2/h4,6-7,12,14-15H,5,8,10H2,1-3H3;3-5H2,1-2H3;1-2H3/b7-4-,11-6+;;. The molecule has 0 aromatic carbocycles. The van der Waals surface area contributed by atoms with Gasteiger partial charge >= 0.3 is 0 Å². The van der Waals surface area contributed by atoms with Crippen LogP contribution in [0.4, 0.5) is 0 Å². The molecule has 0 aliphatic rings. The van der Waals surface area contributed by atoms with E-state index in [9.17, 15) is 0 Å². The van der Waals surface area contributed by atoms with Crippen LogP contribution < -0.4 is 10.9 Å². The lowest BCUT2D eigenvalue weighted by Crippen LogP contribution is -2.41. The minimum Gasteiger partial charge on any atom is -0.382 e. The first kappa shape index (κ1) is 27.6. The monoisotopic (exact) mass is 341 g/mol. The molecule has 0 saturated heterocycles. The summed E-state index contributed by atoms with van der Waals surface area (Å²) in [5.41, 5.74) is 7.33. The second-order valence-corrected chi connectivity index (χ2v) is 4.48. The van der Waals surface area contributed by atoms with Gasteiger partial charge in [-0.25, -0.2) is 10.9 Å². The van der Waals surface area contributed by atoms with Crippen molar-refractivity contribution in [1.82, 2.24) is 10.9 Å². The van der Waals surface area contributed by atoms with E-state index in [1.54, 1.807) is 7.11 Å². The maximum atomic E-state index is 8.43. The van der Waals surface area contributed by atoms with Gasteiger partial charge in [0.05, 0.1) is 25.8 Å². The minimum absolute atomic E-state index is 0.282. The van der Waals surface area contributed by atoms with Crippen LogP contribution in [-0.2, 0) is 9.47 Å². The molecule has 2 N–H and O–H groups in total. The molecule has 0 rings (SSSR count). The molecule has 0 spiro atoms. The fraction of sp³-hybridized carbons (Fsp3) is 0.737. The van der Waals surface area contributed by atoms with E-state index in [0.29, 0.717) is 19.8 Å². The maximum absolute atomic E-state index is 8.43. The van der Waals surface area contributed by atoms with Gasteiger partial charge in [0.25, 0.3) is 0 Å². The third-order valence-corrected chi connectivity index (χ3v) is 2.75. The SMILES string of the molecule is C/C=C\C(=C/C)C(CCC)NNCC#N.CC.CCOCCOC. The summed E-state index contributed by atoms with van der Waals surface area (Å²) in [5.74, 6) is 0. The molecule has 0 aliphatic heterocycles. The summed E-state index contributed by atoms with van der Waals surface area (Å²) in [7, 11) is 1.67. The van der Waals surface area contributed by atoms with E-state index in [1.165, 1.54) is 5.57 Å². The second kappa shape index (κ2) is 26.7. The zero-order chi connectivity index (χ0) is 19.1. The molecule has 0 heterocycles. The lowest BCUT2D eigenvalue weighted by atomic mass is 10.0. The molecule has 0 aromatic rings. The van der Waals surface area contributed by atoms with Gasteiger partial charge in [0.1, 0.15) is 0 Å². The van der Waals surface area contributed by atoms with E-state index in [2.05, 4.69) is 29.9 Å². The molecule has 24 heavy (non-hydrogen) atoms. The van der Waals surface area contributed by atoms with E-state index in [-0.39, 0.29) is 6.04 Å². The Morgan fingerprint density at radius 2 is 1.88 bits per heavy atom. The van der Waals surface area contributed by atoms with Gasteiger partial charge < -0.3 is 9.47 Å². The molecule has 0 fully saturated rings. The normalized spacial score (nSPS) is 11.8. The topological polar surface area (TPSA) is 66.3 Å². The highest BCUT2D eigenvalue weighted by Crippen LogP contribution is 2.09. The average Bonchev–Trinajstić information content (AvgIpc) is 2.62. The van der Waals surface area contributed by atoms with Crippen LogP contribution in [0.5, 0.6) is 0 Å². The van der Waals surface area contributed by atoms with Gasteiger partial charge in [-0.05, 0) is 32.8 Å². The van der Waals surface area contributed by atoms with Crippen LogP contribution in [0.15, 0.2) is 23.8 Å². The van der Waals surface area contributed by atoms with E-state index in [0.717, 1.165) is 19.4 Å². The van der Waals surface area contributed by atoms with Crippen LogP contribution in [0.2, 0.25) is 0 Å². The molecule has 5 heteroatoms. The van der Waals surface area contributed by atoms with Crippen molar-refractivity contribution < 1.29 is 9.47 Å². The molecule has 1 atom stereocenters. The number of nitrogens with zero attached hydrogens (tertiary/aromatic N) is 1. The molecular formula is C19H39N3O2. The fourth-order valence-electron chi connectivity index (χ4n) is 1.72. The smallest absolute Gasteiger partial charge is 0.0972 e. The third-order valence-electron chi connectivity index (χ3n) is 2.75. The van der Waals surface area contributed by atoms with Gasteiger partial charge in [0.15, 0.2) is 0 Å². The minimum atomic E-state index is 0.282. The van der Waals surface area contributed by atoms with Crippen molar-refractivity contribution in [3.05, 3.63) is 23.8 Å². The maximum Gasteiger partial charge on any atom is 0.0972 e. The van der Waals surface area contributed by atoms with Gasteiger partial charge in [-0.15, -0.1) is 0 Å². The lowest BCUT2D eigenvalue weighted by molar-refractivity contribution is 0.0777. The first-order valence-corrected chi connectivity index (χ1v) is 8.92. The number of hydrogen-bond donors (Lipinski definition) is 2. The Morgan fingerprint density at radius 1 is 1.21 bits per heavy atom. The van der Waals surface area contributed by atoms with Gasteiger partial charge in [0.2, 0.25) is 0 Å². The van der Waals surface area contributed by atoms with Crippen molar-refractivity contribution >= 4 is 0 Å². The quantitative estimate of drug-likeness (QED) is 0.257. The molecule has 0 radical (unpaired) electrons. The number of methoxy groups -OCH3 is 1. The van der Waals surface area contributed by atoms with Crippen LogP contribution in [0.3, 0.4) is 0 Å². The fourth-order valence-corrected chi connectivity index (χ4v) is 1.72. The van der Waals surface area contributed by atoms with Crippen LogP contribution >= 0.6 is 0 Å². The Kier molecular flexibility index (Phi) is 30.8. The van der Waals surface area contributed by atoms with Crippen LogP contribution in [0, 0.1) is 11.3 Å². The molecule has 0 saturated carbocycles. The summed E-state index contributed by atoms with van der Waals surface area (Å²) in [5, 5.41) is 8.43. The predicted octanol–water partition coefficient (Wildman–Crippen LogP) is 3.99. The zero-order valence-electron chi connectivity index (χ0n) is 16.8. The van der Waals surface area contributed by atoms with Gasteiger partial charge in [-0.3, -0.25) is 0 Å². The molecule has 1 unspecified atom stereocenters.